The van der Waals surface area contributed by atoms with Crippen molar-refractivity contribution in [2.24, 2.45) is 0 Å². The van der Waals surface area contributed by atoms with Gasteiger partial charge in [0, 0.05) is 13.1 Å². The molecular formula is C7H13NO3. The molecule has 64 valence electrons. The lowest BCUT2D eigenvalue weighted by Gasteiger charge is -2.32. The van der Waals surface area contributed by atoms with Crippen LogP contribution in [-0.2, 0) is 9.53 Å². The highest BCUT2D eigenvalue weighted by molar-refractivity contribution is 5.72. The van der Waals surface area contributed by atoms with E-state index < -0.39 is 12.1 Å². The van der Waals surface area contributed by atoms with Crippen molar-refractivity contribution in [3.05, 3.63) is 0 Å². The van der Waals surface area contributed by atoms with Gasteiger partial charge in [0.15, 0.2) is 6.10 Å². The second kappa shape index (κ2) is 3.19. The Labute approximate surface area is 65.8 Å². The van der Waals surface area contributed by atoms with Crippen LogP contribution < -0.4 is 0 Å². The molecule has 4 heteroatoms. The number of nitrogens with zero attached hydrogens (tertiary/aromatic N) is 1. The third-order valence-corrected chi connectivity index (χ3v) is 1.72. The number of morpholine rings is 1. The van der Waals surface area contributed by atoms with Crippen molar-refractivity contribution in [2.45, 2.75) is 19.1 Å². The van der Waals surface area contributed by atoms with Crippen LogP contribution in [0.25, 0.3) is 0 Å². The summed E-state index contributed by atoms with van der Waals surface area (Å²) in [5, 5.41) is 8.62. The van der Waals surface area contributed by atoms with E-state index in [1.165, 1.54) is 0 Å². The first-order valence-electron chi connectivity index (χ1n) is 3.66. The van der Waals surface area contributed by atoms with Crippen molar-refractivity contribution in [3.8, 4) is 0 Å². The Morgan fingerprint density at radius 1 is 1.64 bits per heavy atom. The second-order valence-corrected chi connectivity index (χ2v) is 2.99. The molecular weight excluding hydrogens is 146 g/mol. The number of carbonyl (C=O) groups is 1. The highest BCUT2D eigenvalue weighted by atomic mass is 16.5. The van der Waals surface area contributed by atoms with Crippen molar-refractivity contribution in [1.82, 2.24) is 4.90 Å². The lowest BCUT2D eigenvalue weighted by atomic mass is 10.2. The largest absolute Gasteiger partial charge is 0.479 e. The predicted molar refractivity (Wildman–Crippen MR) is 39.5 cm³/mol. The average molecular weight is 159 g/mol. The SMILES string of the molecule is CC1CN(C)CC(C(=O)O)O1. The molecule has 0 aliphatic carbocycles. The molecule has 4 nitrogen and oxygen atoms in total. The maximum atomic E-state index is 10.5. The molecule has 1 aliphatic rings. The molecule has 1 heterocycles. The maximum Gasteiger partial charge on any atom is 0.334 e. The summed E-state index contributed by atoms with van der Waals surface area (Å²) in [4.78, 5) is 12.5. The van der Waals surface area contributed by atoms with Gasteiger partial charge in [-0.3, -0.25) is 0 Å². The van der Waals surface area contributed by atoms with E-state index in [9.17, 15) is 4.79 Å². The number of hydrogen-bond donors (Lipinski definition) is 1. The summed E-state index contributed by atoms with van der Waals surface area (Å²) < 4.78 is 5.18. The van der Waals surface area contributed by atoms with Crippen LogP contribution in [-0.4, -0.2) is 48.3 Å². The maximum absolute atomic E-state index is 10.5. The van der Waals surface area contributed by atoms with Crippen LogP contribution in [0, 0.1) is 0 Å². The number of ether oxygens (including phenoxy) is 1. The monoisotopic (exact) mass is 159 g/mol. The van der Waals surface area contributed by atoms with Crippen molar-refractivity contribution in [1.29, 1.82) is 0 Å². The van der Waals surface area contributed by atoms with Gasteiger partial charge < -0.3 is 14.7 Å². The minimum absolute atomic E-state index is 0.0230. The highest BCUT2D eigenvalue weighted by Crippen LogP contribution is 2.08. The summed E-state index contributed by atoms with van der Waals surface area (Å²) in [5.74, 6) is -0.872. The predicted octanol–water partition coefficient (Wildman–Crippen LogP) is -0.210. The van der Waals surface area contributed by atoms with Crippen LogP contribution in [0.4, 0.5) is 0 Å². The summed E-state index contributed by atoms with van der Waals surface area (Å²) in [7, 11) is 1.90. The third kappa shape index (κ3) is 2.17. The van der Waals surface area contributed by atoms with Gasteiger partial charge in [-0.1, -0.05) is 0 Å². The zero-order valence-electron chi connectivity index (χ0n) is 6.78. The van der Waals surface area contributed by atoms with Gasteiger partial charge in [-0.25, -0.2) is 4.79 Å². The van der Waals surface area contributed by atoms with Crippen molar-refractivity contribution >= 4 is 5.97 Å². The van der Waals surface area contributed by atoms with Gasteiger partial charge in [-0.2, -0.15) is 0 Å². The second-order valence-electron chi connectivity index (χ2n) is 2.99. The molecule has 0 spiro atoms. The molecule has 2 atom stereocenters. The van der Waals surface area contributed by atoms with Crippen molar-refractivity contribution < 1.29 is 14.6 Å². The highest BCUT2D eigenvalue weighted by Gasteiger charge is 2.27. The Bertz CT molecular complexity index is 150. The summed E-state index contributed by atoms with van der Waals surface area (Å²) in [5.41, 5.74) is 0. The number of likely N-dealkylation sites (N-methyl/N-ethyl adjacent to an activating group) is 1. The molecule has 0 aromatic carbocycles. The number of carboxylic acid groups (broad SMARTS) is 1. The molecule has 2 unspecified atom stereocenters. The fourth-order valence-corrected chi connectivity index (χ4v) is 1.30. The molecule has 1 N–H and O–H groups in total. The first-order valence-corrected chi connectivity index (χ1v) is 3.66. The summed E-state index contributed by atoms with van der Waals surface area (Å²) >= 11 is 0. The first-order chi connectivity index (χ1) is 5.09. The molecule has 1 aliphatic heterocycles. The molecule has 0 aromatic heterocycles. The summed E-state index contributed by atoms with van der Waals surface area (Å²) in [6, 6.07) is 0. The van der Waals surface area contributed by atoms with Crippen LogP contribution in [0.1, 0.15) is 6.92 Å². The van der Waals surface area contributed by atoms with E-state index in [1.807, 2.05) is 18.9 Å². The van der Waals surface area contributed by atoms with Crippen LogP contribution in [0.15, 0.2) is 0 Å². The van der Waals surface area contributed by atoms with Crippen molar-refractivity contribution in [3.63, 3.8) is 0 Å². The van der Waals surface area contributed by atoms with Crippen LogP contribution >= 0.6 is 0 Å². The van der Waals surface area contributed by atoms with Crippen LogP contribution in [0.2, 0.25) is 0 Å². The lowest BCUT2D eigenvalue weighted by molar-refractivity contribution is -0.161. The fraction of sp³-hybridized carbons (Fsp3) is 0.857. The van der Waals surface area contributed by atoms with E-state index in [1.54, 1.807) is 0 Å². The molecule has 11 heavy (non-hydrogen) atoms. The normalized spacial score (nSPS) is 33.6. The van der Waals surface area contributed by atoms with Gasteiger partial charge >= 0.3 is 5.97 Å². The van der Waals surface area contributed by atoms with E-state index in [0.717, 1.165) is 6.54 Å². The molecule has 0 saturated carbocycles. The van der Waals surface area contributed by atoms with Gasteiger partial charge in [0.1, 0.15) is 0 Å². The summed E-state index contributed by atoms with van der Waals surface area (Å²) in [6.07, 6.45) is -0.626. The Hall–Kier alpha value is -0.610. The topological polar surface area (TPSA) is 49.8 Å². The Morgan fingerprint density at radius 2 is 2.27 bits per heavy atom. The van der Waals surface area contributed by atoms with Crippen LogP contribution in [0.5, 0.6) is 0 Å². The Kier molecular flexibility index (Phi) is 2.46. The number of aliphatic carboxylic acids is 1. The smallest absolute Gasteiger partial charge is 0.334 e. The van der Waals surface area contributed by atoms with E-state index >= 15 is 0 Å². The van der Waals surface area contributed by atoms with E-state index in [-0.39, 0.29) is 6.10 Å². The van der Waals surface area contributed by atoms with E-state index in [4.69, 9.17) is 9.84 Å². The Balaban J connectivity index is 2.49. The van der Waals surface area contributed by atoms with Crippen LogP contribution in [0.3, 0.4) is 0 Å². The average Bonchev–Trinajstić information content (AvgIpc) is 1.85. The standard InChI is InChI=1S/C7H13NO3/c1-5-3-8(2)4-6(11-5)7(9)10/h5-6H,3-4H2,1-2H3,(H,9,10). The molecule has 1 fully saturated rings. The minimum atomic E-state index is -0.872. The van der Waals surface area contributed by atoms with Crippen molar-refractivity contribution in [2.75, 3.05) is 20.1 Å². The van der Waals surface area contributed by atoms with Gasteiger partial charge in [0.25, 0.3) is 0 Å². The number of rotatable bonds is 1. The molecule has 0 aromatic rings. The van der Waals surface area contributed by atoms with Gasteiger partial charge in [0.05, 0.1) is 6.10 Å². The molecule has 0 amide bonds. The third-order valence-electron chi connectivity index (χ3n) is 1.72. The molecule has 1 saturated heterocycles. The van der Waals surface area contributed by atoms with E-state index in [2.05, 4.69) is 0 Å². The first kappa shape index (κ1) is 8.49. The summed E-state index contributed by atoms with van der Waals surface area (Å²) in [6.45, 7) is 3.18. The van der Waals surface area contributed by atoms with Gasteiger partial charge in [0.2, 0.25) is 0 Å². The van der Waals surface area contributed by atoms with Gasteiger partial charge in [-0.15, -0.1) is 0 Å². The van der Waals surface area contributed by atoms with E-state index in [0.29, 0.717) is 6.54 Å². The zero-order chi connectivity index (χ0) is 8.43. The quantitative estimate of drug-likeness (QED) is 0.575. The minimum Gasteiger partial charge on any atom is -0.479 e. The number of hydrogen-bond acceptors (Lipinski definition) is 3. The lowest BCUT2D eigenvalue weighted by Crippen LogP contribution is -2.47. The number of carboxylic acids is 1. The Morgan fingerprint density at radius 3 is 2.73 bits per heavy atom. The molecule has 1 rings (SSSR count). The molecule has 0 bridgehead atoms. The molecule has 0 radical (unpaired) electrons. The zero-order valence-corrected chi connectivity index (χ0v) is 6.78. The fourth-order valence-electron chi connectivity index (χ4n) is 1.30. The van der Waals surface area contributed by atoms with Gasteiger partial charge in [-0.05, 0) is 14.0 Å².